The minimum Gasteiger partial charge on any atom is -0.494 e. The highest BCUT2D eigenvalue weighted by molar-refractivity contribution is 5.81. The fourth-order valence-electron chi connectivity index (χ4n) is 2.14. The normalized spacial score (nSPS) is 10.8. The van der Waals surface area contributed by atoms with Gasteiger partial charge in [-0.15, -0.1) is 0 Å². The van der Waals surface area contributed by atoms with Crippen LogP contribution in [-0.2, 0) is 0 Å². The second-order valence-electron chi connectivity index (χ2n) is 4.18. The standard InChI is InChI=1S/C15H14N2O2/c1-2-19-12-8-14-13(16-10-12)9-15(18)17(14)11-6-4-3-5-7-11/h3-10,18H,2H2,1H3. The van der Waals surface area contributed by atoms with Crippen molar-refractivity contribution in [1.29, 1.82) is 0 Å². The van der Waals surface area contributed by atoms with Crippen LogP contribution in [-0.4, -0.2) is 21.3 Å². The number of rotatable bonds is 3. The van der Waals surface area contributed by atoms with Crippen LogP contribution >= 0.6 is 0 Å². The molecule has 2 aromatic heterocycles. The third-order valence-electron chi connectivity index (χ3n) is 2.93. The SMILES string of the molecule is CCOc1cnc2cc(O)n(-c3ccccc3)c2c1. The maximum absolute atomic E-state index is 10.1. The molecular formula is C15H14N2O2. The zero-order valence-corrected chi connectivity index (χ0v) is 10.6. The highest BCUT2D eigenvalue weighted by Crippen LogP contribution is 2.29. The molecule has 0 radical (unpaired) electrons. The van der Waals surface area contributed by atoms with E-state index in [1.165, 1.54) is 0 Å². The summed E-state index contributed by atoms with van der Waals surface area (Å²) in [6.07, 6.45) is 1.67. The van der Waals surface area contributed by atoms with Gasteiger partial charge in [0.15, 0.2) is 5.88 Å². The van der Waals surface area contributed by atoms with E-state index in [9.17, 15) is 5.11 Å². The average Bonchev–Trinajstić information content (AvgIpc) is 2.75. The molecular weight excluding hydrogens is 240 g/mol. The van der Waals surface area contributed by atoms with Crippen LogP contribution in [0.15, 0.2) is 48.7 Å². The highest BCUT2D eigenvalue weighted by atomic mass is 16.5. The number of hydrogen-bond donors (Lipinski definition) is 1. The van der Waals surface area contributed by atoms with E-state index in [1.54, 1.807) is 16.8 Å². The van der Waals surface area contributed by atoms with Gasteiger partial charge in [0, 0.05) is 17.8 Å². The lowest BCUT2D eigenvalue weighted by molar-refractivity contribution is 0.339. The van der Waals surface area contributed by atoms with Crippen LogP contribution in [0.5, 0.6) is 11.6 Å². The number of hydrogen-bond acceptors (Lipinski definition) is 3. The second-order valence-corrected chi connectivity index (χ2v) is 4.18. The van der Waals surface area contributed by atoms with Crippen LogP contribution in [0.25, 0.3) is 16.7 Å². The Bertz CT molecular complexity index is 705. The number of benzene rings is 1. The predicted octanol–water partition coefficient (Wildman–Crippen LogP) is 3.13. The zero-order valence-electron chi connectivity index (χ0n) is 10.6. The van der Waals surface area contributed by atoms with Crippen molar-refractivity contribution < 1.29 is 9.84 Å². The number of aromatic nitrogens is 2. The summed E-state index contributed by atoms with van der Waals surface area (Å²) >= 11 is 0. The monoisotopic (exact) mass is 254 g/mol. The molecule has 1 N–H and O–H groups in total. The van der Waals surface area contributed by atoms with Gasteiger partial charge >= 0.3 is 0 Å². The van der Waals surface area contributed by atoms with Crippen molar-refractivity contribution in [1.82, 2.24) is 9.55 Å². The van der Waals surface area contributed by atoms with Gasteiger partial charge in [-0.25, -0.2) is 0 Å². The van der Waals surface area contributed by atoms with E-state index in [0.29, 0.717) is 12.4 Å². The third kappa shape index (κ3) is 2.01. The lowest BCUT2D eigenvalue weighted by Gasteiger charge is -2.07. The molecule has 1 aromatic carbocycles. The molecule has 0 unspecified atom stereocenters. The first-order valence-electron chi connectivity index (χ1n) is 6.18. The third-order valence-corrected chi connectivity index (χ3v) is 2.93. The topological polar surface area (TPSA) is 47.3 Å². The van der Waals surface area contributed by atoms with Gasteiger partial charge in [-0.1, -0.05) is 18.2 Å². The molecule has 19 heavy (non-hydrogen) atoms. The van der Waals surface area contributed by atoms with Crippen molar-refractivity contribution >= 4 is 11.0 Å². The molecule has 0 saturated heterocycles. The van der Waals surface area contributed by atoms with Crippen LogP contribution in [0.1, 0.15) is 6.92 Å². The lowest BCUT2D eigenvalue weighted by Crippen LogP contribution is -1.95. The molecule has 0 saturated carbocycles. The maximum atomic E-state index is 10.1. The summed E-state index contributed by atoms with van der Waals surface area (Å²) in [5.41, 5.74) is 2.46. The second kappa shape index (κ2) is 4.65. The van der Waals surface area contributed by atoms with Gasteiger partial charge in [0.2, 0.25) is 0 Å². The van der Waals surface area contributed by atoms with Gasteiger partial charge < -0.3 is 9.84 Å². The Labute approximate surface area is 110 Å². The molecule has 0 aliphatic carbocycles. The van der Waals surface area contributed by atoms with E-state index < -0.39 is 0 Å². The smallest absolute Gasteiger partial charge is 0.198 e. The van der Waals surface area contributed by atoms with Crippen molar-refractivity contribution in [3.63, 3.8) is 0 Å². The molecule has 0 atom stereocenters. The molecule has 3 aromatic rings. The molecule has 0 spiro atoms. The van der Waals surface area contributed by atoms with Crippen LogP contribution in [0.2, 0.25) is 0 Å². The first kappa shape index (κ1) is 11.6. The van der Waals surface area contributed by atoms with Crippen LogP contribution in [0.4, 0.5) is 0 Å². The highest BCUT2D eigenvalue weighted by Gasteiger charge is 2.11. The van der Waals surface area contributed by atoms with Crippen LogP contribution in [0.3, 0.4) is 0 Å². The molecule has 0 amide bonds. The Balaban J connectivity index is 2.22. The Morgan fingerprint density at radius 3 is 2.74 bits per heavy atom. The van der Waals surface area contributed by atoms with Gasteiger partial charge in [-0.2, -0.15) is 0 Å². The summed E-state index contributed by atoms with van der Waals surface area (Å²) in [5.74, 6) is 0.868. The van der Waals surface area contributed by atoms with Gasteiger partial charge in [0.05, 0.1) is 23.8 Å². The van der Waals surface area contributed by atoms with Crippen LogP contribution in [0, 0.1) is 0 Å². The van der Waals surface area contributed by atoms with Crippen molar-refractivity contribution in [2.75, 3.05) is 6.61 Å². The average molecular weight is 254 g/mol. The van der Waals surface area contributed by atoms with E-state index >= 15 is 0 Å². The number of ether oxygens (including phenoxy) is 1. The Hall–Kier alpha value is -2.49. The van der Waals surface area contributed by atoms with Crippen molar-refractivity contribution in [2.45, 2.75) is 6.92 Å². The quantitative estimate of drug-likeness (QED) is 0.781. The minimum absolute atomic E-state index is 0.169. The number of nitrogens with zero attached hydrogens (tertiary/aromatic N) is 2. The number of pyridine rings is 1. The summed E-state index contributed by atoms with van der Waals surface area (Å²) < 4.78 is 7.21. The van der Waals surface area contributed by atoms with E-state index in [0.717, 1.165) is 16.7 Å². The Kier molecular flexibility index (Phi) is 2.83. The summed E-state index contributed by atoms with van der Waals surface area (Å²) in [4.78, 5) is 4.30. The summed E-state index contributed by atoms with van der Waals surface area (Å²) in [6, 6.07) is 13.2. The molecule has 0 bridgehead atoms. The van der Waals surface area contributed by atoms with E-state index in [2.05, 4.69) is 4.98 Å². The van der Waals surface area contributed by atoms with Crippen LogP contribution < -0.4 is 4.74 Å². The Morgan fingerprint density at radius 2 is 2.00 bits per heavy atom. The summed E-state index contributed by atoms with van der Waals surface area (Å²) in [6.45, 7) is 2.52. The lowest BCUT2D eigenvalue weighted by atomic mass is 10.3. The summed E-state index contributed by atoms with van der Waals surface area (Å²) in [5, 5.41) is 10.1. The summed E-state index contributed by atoms with van der Waals surface area (Å²) in [7, 11) is 0. The molecule has 2 heterocycles. The maximum Gasteiger partial charge on any atom is 0.198 e. The van der Waals surface area contributed by atoms with Crippen molar-refractivity contribution in [2.24, 2.45) is 0 Å². The predicted molar refractivity (Wildman–Crippen MR) is 73.9 cm³/mol. The molecule has 0 aliphatic rings. The van der Waals surface area contributed by atoms with Gasteiger partial charge in [-0.3, -0.25) is 9.55 Å². The first-order valence-corrected chi connectivity index (χ1v) is 6.18. The molecule has 4 nitrogen and oxygen atoms in total. The molecule has 0 aliphatic heterocycles. The molecule has 3 rings (SSSR count). The van der Waals surface area contributed by atoms with E-state index in [-0.39, 0.29) is 5.88 Å². The largest absolute Gasteiger partial charge is 0.494 e. The number of para-hydroxylation sites is 1. The van der Waals surface area contributed by atoms with E-state index in [1.807, 2.05) is 43.3 Å². The number of fused-ring (bicyclic) bond motifs is 1. The van der Waals surface area contributed by atoms with Crippen molar-refractivity contribution in [3.05, 3.63) is 48.7 Å². The van der Waals surface area contributed by atoms with Gasteiger partial charge in [-0.05, 0) is 19.1 Å². The minimum atomic E-state index is 0.169. The zero-order chi connectivity index (χ0) is 13.2. The molecule has 4 heteroatoms. The Morgan fingerprint density at radius 1 is 1.21 bits per heavy atom. The van der Waals surface area contributed by atoms with Crippen molar-refractivity contribution in [3.8, 4) is 17.3 Å². The van der Waals surface area contributed by atoms with Gasteiger partial charge in [0.1, 0.15) is 5.75 Å². The molecule has 96 valence electrons. The fraction of sp³-hybridized carbons (Fsp3) is 0.133. The fourth-order valence-corrected chi connectivity index (χ4v) is 2.14. The van der Waals surface area contributed by atoms with Gasteiger partial charge in [0.25, 0.3) is 0 Å². The molecule has 0 fully saturated rings. The van der Waals surface area contributed by atoms with E-state index in [4.69, 9.17) is 4.74 Å². The first-order chi connectivity index (χ1) is 9.29. The number of aromatic hydroxyl groups is 1.